The first-order valence-electron chi connectivity index (χ1n) is 10.5. The zero-order chi connectivity index (χ0) is 22.0. The van der Waals surface area contributed by atoms with Crippen molar-refractivity contribution in [2.45, 2.75) is 38.6 Å². The van der Waals surface area contributed by atoms with E-state index in [9.17, 15) is 9.59 Å². The molecule has 1 fully saturated rings. The van der Waals surface area contributed by atoms with E-state index in [1.165, 1.54) is 0 Å². The standard InChI is InChI=1S/C23H28N4O4/c1-4-26-15-18(13-24-26)22(28)25-11-9-17(10-12-25)20-21(31-3)23(29)27(20)14-16-5-7-19(30-2)8-6-16/h5-9,13,15,20-21H,4,10-12,14H2,1-3H3. The van der Waals surface area contributed by atoms with Gasteiger partial charge in [0.2, 0.25) is 0 Å². The summed E-state index contributed by atoms with van der Waals surface area (Å²) in [5.41, 5.74) is 2.79. The fourth-order valence-electron chi connectivity index (χ4n) is 4.21. The van der Waals surface area contributed by atoms with Crippen LogP contribution >= 0.6 is 0 Å². The van der Waals surface area contributed by atoms with Crippen molar-refractivity contribution in [3.63, 3.8) is 0 Å². The van der Waals surface area contributed by atoms with E-state index >= 15 is 0 Å². The molecule has 2 unspecified atom stereocenters. The fraction of sp³-hybridized carbons (Fsp3) is 0.435. The Balaban J connectivity index is 1.45. The number of methoxy groups -OCH3 is 2. The smallest absolute Gasteiger partial charge is 0.257 e. The maximum absolute atomic E-state index is 12.8. The molecule has 2 atom stereocenters. The topological polar surface area (TPSA) is 76.9 Å². The van der Waals surface area contributed by atoms with E-state index in [2.05, 4.69) is 11.2 Å². The molecular weight excluding hydrogens is 396 g/mol. The molecule has 8 heteroatoms. The van der Waals surface area contributed by atoms with Gasteiger partial charge >= 0.3 is 0 Å². The van der Waals surface area contributed by atoms with Gasteiger partial charge in [0.25, 0.3) is 11.8 Å². The van der Waals surface area contributed by atoms with Crippen molar-refractivity contribution in [2.75, 3.05) is 27.3 Å². The zero-order valence-electron chi connectivity index (χ0n) is 18.2. The van der Waals surface area contributed by atoms with Gasteiger partial charge in [0, 0.05) is 39.5 Å². The first-order chi connectivity index (χ1) is 15.0. The summed E-state index contributed by atoms with van der Waals surface area (Å²) in [6.45, 7) is 4.36. The van der Waals surface area contributed by atoms with Gasteiger partial charge in [0.05, 0.1) is 24.9 Å². The Hall–Kier alpha value is -3.13. The normalized spacial score (nSPS) is 21.0. The molecule has 0 aliphatic carbocycles. The molecule has 0 N–H and O–H groups in total. The lowest BCUT2D eigenvalue weighted by molar-refractivity contribution is -0.168. The summed E-state index contributed by atoms with van der Waals surface area (Å²) in [6, 6.07) is 7.63. The summed E-state index contributed by atoms with van der Waals surface area (Å²) < 4.78 is 12.4. The average Bonchev–Trinajstić information content (AvgIpc) is 3.30. The average molecular weight is 425 g/mol. The number of hydrogen-bond donors (Lipinski definition) is 0. The minimum atomic E-state index is -0.463. The summed E-state index contributed by atoms with van der Waals surface area (Å²) in [6.07, 6.45) is 5.71. The van der Waals surface area contributed by atoms with E-state index in [-0.39, 0.29) is 17.9 Å². The van der Waals surface area contributed by atoms with E-state index in [0.717, 1.165) is 23.4 Å². The van der Waals surface area contributed by atoms with Gasteiger partial charge in [0.1, 0.15) is 5.75 Å². The van der Waals surface area contributed by atoms with E-state index in [4.69, 9.17) is 9.47 Å². The lowest BCUT2D eigenvalue weighted by Gasteiger charge is -2.48. The van der Waals surface area contributed by atoms with E-state index < -0.39 is 6.10 Å². The summed E-state index contributed by atoms with van der Waals surface area (Å²) >= 11 is 0. The number of nitrogens with zero attached hydrogens (tertiary/aromatic N) is 4. The van der Waals surface area contributed by atoms with Gasteiger partial charge in [-0.25, -0.2) is 0 Å². The number of hydrogen-bond acceptors (Lipinski definition) is 5. The maximum atomic E-state index is 12.8. The third kappa shape index (κ3) is 4.07. The number of amides is 2. The Labute approximate surface area is 182 Å². The second-order valence-corrected chi connectivity index (χ2v) is 7.78. The van der Waals surface area contributed by atoms with Crippen molar-refractivity contribution in [3.8, 4) is 5.75 Å². The minimum Gasteiger partial charge on any atom is -0.497 e. The second-order valence-electron chi connectivity index (χ2n) is 7.78. The molecular formula is C23H28N4O4. The van der Waals surface area contributed by atoms with Crippen LogP contribution in [0.25, 0.3) is 0 Å². The van der Waals surface area contributed by atoms with Crippen LogP contribution in [0.5, 0.6) is 5.75 Å². The zero-order valence-corrected chi connectivity index (χ0v) is 18.2. The highest BCUT2D eigenvalue weighted by Crippen LogP contribution is 2.33. The molecule has 31 heavy (non-hydrogen) atoms. The Kier molecular flexibility index (Phi) is 6.08. The highest BCUT2D eigenvalue weighted by molar-refractivity contribution is 5.94. The van der Waals surface area contributed by atoms with Gasteiger partial charge in [-0.05, 0) is 36.6 Å². The minimum absolute atomic E-state index is 0.00490. The van der Waals surface area contributed by atoms with Crippen molar-refractivity contribution in [1.29, 1.82) is 0 Å². The summed E-state index contributed by atoms with van der Waals surface area (Å²) in [5.74, 6) is 0.766. The van der Waals surface area contributed by atoms with Crippen LogP contribution in [0.2, 0.25) is 0 Å². The Morgan fingerprint density at radius 3 is 2.58 bits per heavy atom. The second kappa shape index (κ2) is 8.93. The number of β-lactam (4-membered cyclic amide) rings is 1. The Morgan fingerprint density at radius 2 is 2.00 bits per heavy atom. The van der Waals surface area contributed by atoms with Gasteiger partial charge in [-0.1, -0.05) is 18.2 Å². The van der Waals surface area contributed by atoms with Gasteiger partial charge < -0.3 is 19.3 Å². The van der Waals surface area contributed by atoms with Crippen LogP contribution in [0.4, 0.5) is 0 Å². The van der Waals surface area contributed by atoms with E-state index in [1.54, 1.807) is 31.3 Å². The van der Waals surface area contributed by atoms with Crippen LogP contribution in [-0.4, -0.2) is 70.8 Å². The predicted molar refractivity (Wildman–Crippen MR) is 115 cm³/mol. The monoisotopic (exact) mass is 424 g/mol. The molecule has 0 radical (unpaired) electrons. The van der Waals surface area contributed by atoms with Gasteiger partial charge in [-0.15, -0.1) is 0 Å². The van der Waals surface area contributed by atoms with Crippen LogP contribution < -0.4 is 4.74 Å². The molecule has 1 saturated heterocycles. The number of aromatic nitrogens is 2. The fourth-order valence-corrected chi connectivity index (χ4v) is 4.21. The van der Waals surface area contributed by atoms with Crippen LogP contribution in [-0.2, 0) is 22.6 Å². The molecule has 164 valence electrons. The number of aryl methyl sites for hydroxylation is 1. The first-order valence-corrected chi connectivity index (χ1v) is 10.5. The third-order valence-corrected chi connectivity index (χ3v) is 6.03. The van der Waals surface area contributed by atoms with E-state index in [1.807, 2.05) is 41.0 Å². The first kappa shape index (κ1) is 21.1. The lowest BCUT2D eigenvalue weighted by atomic mass is 9.86. The highest BCUT2D eigenvalue weighted by atomic mass is 16.5. The molecule has 0 spiro atoms. The predicted octanol–water partition coefficient (Wildman–Crippen LogP) is 2.11. The highest BCUT2D eigenvalue weighted by Gasteiger charge is 2.49. The van der Waals surface area contributed by atoms with Crippen molar-refractivity contribution in [2.24, 2.45) is 0 Å². The van der Waals surface area contributed by atoms with Crippen LogP contribution in [0.3, 0.4) is 0 Å². The molecule has 0 saturated carbocycles. The molecule has 0 bridgehead atoms. The van der Waals surface area contributed by atoms with Gasteiger partial charge in [-0.2, -0.15) is 5.10 Å². The molecule has 2 amide bonds. The summed E-state index contributed by atoms with van der Waals surface area (Å²) in [7, 11) is 3.21. The van der Waals surface area contributed by atoms with Crippen LogP contribution in [0.1, 0.15) is 29.3 Å². The number of rotatable bonds is 7. The summed E-state index contributed by atoms with van der Waals surface area (Å²) in [5, 5.41) is 4.19. The van der Waals surface area contributed by atoms with Crippen molar-refractivity contribution >= 4 is 11.8 Å². The van der Waals surface area contributed by atoms with E-state index in [0.29, 0.717) is 31.6 Å². The molecule has 3 heterocycles. The number of likely N-dealkylation sites (tertiary alicyclic amines) is 1. The van der Waals surface area contributed by atoms with Crippen LogP contribution in [0, 0.1) is 0 Å². The maximum Gasteiger partial charge on any atom is 0.257 e. The van der Waals surface area contributed by atoms with Crippen molar-refractivity contribution in [1.82, 2.24) is 19.6 Å². The third-order valence-electron chi connectivity index (χ3n) is 6.03. The Morgan fingerprint density at radius 1 is 1.23 bits per heavy atom. The SMILES string of the molecule is CCn1cc(C(=O)N2CC=C(C3C(OC)C(=O)N3Cc3ccc(OC)cc3)CC2)cn1. The van der Waals surface area contributed by atoms with Gasteiger partial charge in [0.15, 0.2) is 6.10 Å². The molecule has 2 aliphatic heterocycles. The molecule has 4 rings (SSSR count). The lowest BCUT2D eigenvalue weighted by Crippen LogP contribution is -2.66. The van der Waals surface area contributed by atoms with Crippen molar-refractivity contribution < 1.29 is 19.1 Å². The van der Waals surface area contributed by atoms with Crippen LogP contribution in [0.15, 0.2) is 48.3 Å². The van der Waals surface area contributed by atoms with Gasteiger partial charge in [-0.3, -0.25) is 14.3 Å². The number of ether oxygens (including phenoxy) is 2. The molecule has 1 aromatic carbocycles. The largest absolute Gasteiger partial charge is 0.497 e. The number of carbonyl (C=O) groups is 2. The quantitative estimate of drug-likeness (QED) is 0.503. The number of carbonyl (C=O) groups excluding carboxylic acids is 2. The molecule has 1 aromatic heterocycles. The molecule has 2 aromatic rings. The molecule has 2 aliphatic rings. The molecule has 8 nitrogen and oxygen atoms in total. The Bertz CT molecular complexity index is 982. The summed E-state index contributed by atoms with van der Waals surface area (Å²) in [4.78, 5) is 29.1. The van der Waals surface area contributed by atoms with Crippen molar-refractivity contribution in [3.05, 3.63) is 59.4 Å². The number of benzene rings is 1.